The highest BCUT2D eigenvalue weighted by atomic mass is 32.2. The maximum Gasteiger partial charge on any atom is 0.186 e. The van der Waals surface area contributed by atoms with Crippen molar-refractivity contribution in [2.75, 3.05) is 24.7 Å². The molecule has 2 aliphatic rings. The van der Waals surface area contributed by atoms with Crippen molar-refractivity contribution in [3.05, 3.63) is 0 Å². The molecule has 0 N–H and O–H groups in total. The average Bonchev–Trinajstić information content (AvgIpc) is 1.87. The summed E-state index contributed by atoms with van der Waals surface area (Å²) in [5, 5.41) is 0. The van der Waals surface area contributed by atoms with E-state index in [1.807, 2.05) is 11.8 Å². The molecular formula is C6H10O2S. The second kappa shape index (κ2) is 2.15. The lowest BCUT2D eigenvalue weighted by molar-refractivity contribution is -0.244. The molecule has 9 heavy (non-hydrogen) atoms. The lowest BCUT2D eigenvalue weighted by Gasteiger charge is -2.42. The third kappa shape index (κ3) is 0.974. The lowest BCUT2D eigenvalue weighted by Crippen LogP contribution is -2.51. The third-order valence-corrected chi connectivity index (χ3v) is 2.95. The minimum Gasteiger partial charge on any atom is -0.348 e. The van der Waals surface area contributed by atoms with Gasteiger partial charge in [-0.05, 0) is 6.42 Å². The van der Waals surface area contributed by atoms with Crippen LogP contribution >= 0.6 is 11.8 Å². The summed E-state index contributed by atoms with van der Waals surface area (Å²) in [5.41, 5.74) is 0. The maximum absolute atomic E-state index is 5.46. The molecule has 0 aliphatic carbocycles. The van der Waals surface area contributed by atoms with Crippen molar-refractivity contribution in [1.82, 2.24) is 0 Å². The van der Waals surface area contributed by atoms with Crippen LogP contribution in [0.3, 0.4) is 0 Å². The normalized spacial score (nSPS) is 32.0. The highest BCUT2D eigenvalue weighted by Crippen LogP contribution is 2.35. The van der Waals surface area contributed by atoms with E-state index in [1.165, 1.54) is 0 Å². The summed E-state index contributed by atoms with van der Waals surface area (Å²) in [6, 6.07) is 0. The Labute approximate surface area is 58.9 Å². The second-order valence-corrected chi connectivity index (χ2v) is 3.44. The summed E-state index contributed by atoms with van der Waals surface area (Å²) in [6.45, 7) is 1.78. The molecule has 0 aromatic heterocycles. The summed E-state index contributed by atoms with van der Waals surface area (Å²) in [6.07, 6.45) is 1.06. The number of ether oxygens (including phenoxy) is 2. The molecule has 0 radical (unpaired) electrons. The van der Waals surface area contributed by atoms with Gasteiger partial charge in [-0.15, -0.1) is 0 Å². The number of hydrogen-bond acceptors (Lipinski definition) is 3. The van der Waals surface area contributed by atoms with Gasteiger partial charge in [0.25, 0.3) is 0 Å². The molecule has 0 aromatic rings. The van der Waals surface area contributed by atoms with Gasteiger partial charge in [0.15, 0.2) is 5.79 Å². The molecule has 2 heterocycles. The number of thioether (sulfide) groups is 1. The first-order chi connectivity index (χ1) is 4.41. The van der Waals surface area contributed by atoms with Gasteiger partial charge in [-0.3, -0.25) is 0 Å². The molecule has 2 fully saturated rings. The lowest BCUT2D eigenvalue weighted by atomic mass is 10.3. The minimum atomic E-state index is -0.136. The van der Waals surface area contributed by atoms with Crippen LogP contribution < -0.4 is 0 Å². The number of hydrogen-bond donors (Lipinski definition) is 0. The van der Waals surface area contributed by atoms with Crippen molar-refractivity contribution >= 4 is 11.8 Å². The van der Waals surface area contributed by atoms with Crippen LogP contribution in [-0.2, 0) is 9.47 Å². The average molecular weight is 146 g/mol. The predicted molar refractivity (Wildman–Crippen MR) is 36.6 cm³/mol. The Bertz CT molecular complexity index is 104. The number of rotatable bonds is 0. The molecule has 0 saturated carbocycles. The van der Waals surface area contributed by atoms with Gasteiger partial charge in [0, 0.05) is 11.5 Å². The minimum absolute atomic E-state index is 0.136. The summed E-state index contributed by atoms with van der Waals surface area (Å²) >= 11 is 1.89. The van der Waals surface area contributed by atoms with Crippen LogP contribution in [0.2, 0.25) is 0 Å². The molecule has 2 saturated heterocycles. The fourth-order valence-electron chi connectivity index (χ4n) is 1.05. The molecule has 0 bridgehead atoms. The quantitative estimate of drug-likeness (QED) is 0.505. The SMILES string of the molecule is C1COC2(CSC2)OC1. The van der Waals surface area contributed by atoms with E-state index >= 15 is 0 Å². The van der Waals surface area contributed by atoms with Crippen LogP contribution in [0.1, 0.15) is 6.42 Å². The van der Waals surface area contributed by atoms with Gasteiger partial charge < -0.3 is 9.47 Å². The predicted octanol–water partition coefficient (Wildman–Crippen LogP) is 0.866. The molecule has 3 heteroatoms. The third-order valence-electron chi connectivity index (χ3n) is 1.66. The van der Waals surface area contributed by atoms with Crippen molar-refractivity contribution < 1.29 is 9.47 Å². The van der Waals surface area contributed by atoms with E-state index < -0.39 is 0 Å². The Balaban J connectivity index is 1.93. The van der Waals surface area contributed by atoms with Crippen LogP contribution in [0.15, 0.2) is 0 Å². The Hall–Kier alpha value is 0.270. The van der Waals surface area contributed by atoms with E-state index in [0.717, 1.165) is 31.1 Å². The van der Waals surface area contributed by atoms with Gasteiger partial charge in [0.2, 0.25) is 0 Å². The molecular weight excluding hydrogens is 136 g/mol. The summed E-state index contributed by atoms with van der Waals surface area (Å²) in [5.74, 6) is 1.93. The Morgan fingerprint density at radius 3 is 2.11 bits per heavy atom. The van der Waals surface area contributed by atoms with E-state index in [9.17, 15) is 0 Å². The second-order valence-electron chi connectivity index (χ2n) is 2.45. The maximum atomic E-state index is 5.46. The fraction of sp³-hybridized carbons (Fsp3) is 1.00. The molecule has 1 spiro atoms. The first-order valence-corrected chi connectivity index (χ1v) is 4.42. The van der Waals surface area contributed by atoms with Crippen LogP contribution in [-0.4, -0.2) is 30.5 Å². The van der Waals surface area contributed by atoms with E-state index in [-0.39, 0.29) is 5.79 Å². The van der Waals surface area contributed by atoms with Gasteiger partial charge in [-0.25, -0.2) is 0 Å². The Kier molecular flexibility index (Phi) is 1.43. The van der Waals surface area contributed by atoms with E-state index in [1.54, 1.807) is 0 Å². The summed E-state index contributed by atoms with van der Waals surface area (Å²) < 4.78 is 10.9. The van der Waals surface area contributed by atoms with Crippen molar-refractivity contribution in [2.45, 2.75) is 12.2 Å². The monoisotopic (exact) mass is 146 g/mol. The molecule has 2 aliphatic heterocycles. The van der Waals surface area contributed by atoms with Crippen molar-refractivity contribution in [3.63, 3.8) is 0 Å². The van der Waals surface area contributed by atoms with Crippen molar-refractivity contribution in [2.24, 2.45) is 0 Å². The van der Waals surface area contributed by atoms with Gasteiger partial charge in [0.1, 0.15) is 0 Å². The van der Waals surface area contributed by atoms with Crippen molar-refractivity contribution in [3.8, 4) is 0 Å². The molecule has 0 amide bonds. The molecule has 2 nitrogen and oxygen atoms in total. The van der Waals surface area contributed by atoms with Crippen molar-refractivity contribution in [1.29, 1.82) is 0 Å². The highest BCUT2D eigenvalue weighted by molar-refractivity contribution is 8.00. The molecule has 52 valence electrons. The van der Waals surface area contributed by atoms with E-state index in [2.05, 4.69) is 0 Å². The summed E-state index contributed by atoms with van der Waals surface area (Å²) in [4.78, 5) is 0. The zero-order valence-electron chi connectivity index (χ0n) is 5.26. The standard InChI is InChI=1S/C6H10O2S/c1-2-7-6(8-3-1)4-9-5-6/h1-5H2. The largest absolute Gasteiger partial charge is 0.348 e. The van der Waals surface area contributed by atoms with Crippen LogP contribution in [0.25, 0.3) is 0 Å². The first kappa shape index (κ1) is 6.01. The van der Waals surface area contributed by atoms with Gasteiger partial charge in [0.05, 0.1) is 13.2 Å². The summed E-state index contributed by atoms with van der Waals surface area (Å²) in [7, 11) is 0. The zero-order chi connectivity index (χ0) is 6.16. The van der Waals surface area contributed by atoms with Crippen LogP contribution in [0.5, 0.6) is 0 Å². The van der Waals surface area contributed by atoms with Crippen LogP contribution in [0, 0.1) is 0 Å². The van der Waals surface area contributed by atoms with Gasteiger partial charge in [-0.2, -0.15) is 11.8 Å². The first-order valence-electron chi connectivity index (χ1n) is 3.27. The molecule has 0 unspecified atom stereocenters. The highest BCUT2D eigenvalue weighted by Gasteiger charge is 2.41. The Morgan fingerprint density at radius 2 is 1.78 bits per heavy atom. The van der Waals surface area contributed by atoms with E-state index in [0.29, 0.717) is 0 Å². The van der Waals surface area contributed by atoms with E-state index in [4.69, 9.17) is 9.47 Å². The van der Waals surface area contributed by atoms with Gasteiger partial charge >= 0.3 is 0 Å². The zero-order valence-corrected chi connectivity index (χ0v) is 6.08. The fourth-order valence-corrected chi connectivity index (χ4v) is 1.92. The van der Waals surface area contributed by atoms with Gasteiger partial charge in [-0.1, -0.05) is 0 Å². The molecule has 0 atom stereocenters. The smallest absolute Gasteiger partial charge is 0.186 e. The Morgan fingerprint density at radius 1 is 1.11 bits per heavy atom. The molecule has 2 rings (SSSR count). The topological polar surface area (TPSA) is 18.5 Å². The van der Waals surface area contributed by atoms with Crippen LogP contribution in [0.4, 0.5) is 0 Å². The molecule has 0 aromatic carbocycles.